The predicted molar refractivity (Wildman–Crippen MR) is 103 cm³/mol. The van der Waals surface area contributed by atoms with Crippen LogP contribution in [0.25, 0.3) is 0 Å². The summed E-state index contributed by atoms with van der Waals surface area (Å²) in [5.74, 6) is 1.49. The van der Waals surface area contributed by atoms with Crippen LogP contribution < -0.4 is 20.1 Å². The number of methoxy groups -OCH3 is 1. The summed E-state index contributed by atoms with van der Waals surface area (Å²) in [5.41, 5.74) is 1.14. The van der Waals surface area contributed by atoms with Gasteiger partial charge in [0, 0.05) is 13.1 Å². The maximum absolute atomic E-state index is 8.65. The number of nitrogens with one attached hydrogen (secondary N) is 2. The fourth-order valence-electron chi connectivity index (χ4n) is 1.93. The van der Waals surface area contributed by atoms with Gasteiger partial charge in [0.25, 0.3) is 0 Å². The van der Waals surface area contributed by atoms with Gasteiger partial charge in [0.1, 0.15) is 0 Å². The second-order valence-electron chi connectivity index (χ2n) is 4.55. The summed E-state index contributed by atoms with van der Waals surface area (Å²) < 4.78 is 11.9. The highest BCUT2D eigenvalue weighted by Crippen LogP contribution is 2.36. The van der Waals surface area contributed by atoms with Crippen LogP contribution in [-0.4, -0.2) is 45.1 Å². The van der Waals surface area contributed by atoms with Gasteiger partial charge in [-0.3, -0.25) is 0 Å². The number of hydrogen-bond acceptors (Lipinski definition) is 5. The number of aliphatic hydroxyl groups excluding tert-OH is 1. The molecule has 23 heavy (non-hydrogen) atoms. The summed E-state index contributed by atoms with van der Waals surface area (Å²) in [7, 11) is 1.65. The molecule has 0 aliphatic carbocycles. The van der Waals surface area contributed by atoms with Gasteiger partial charge in [-0.2, -0.15) is 0 Å². The number of rotatable bonds is 11. The number of halogens is 3. The number of ether oxygens (including phenoxy) is 2. The van der Waals surface area contributed by atoms with Gasteiger partial charge in [-0.15, -0.1) is 24.8 Å². The lowest BCUT2D eigenvalue weighted by molar-refractivity contribution is 0.292. The molecule has 8 heteroatoms. The Morgan fingerprint density at radius 1 is 1.13 bits per heavy atom. The van der Waals surface area contributed by atoms with Gasteiger partial charge in [0.05, 0.1) is 24.8 Å². The van der Waals surface area contributed by atoms with E-state index in [1.54, 1.807) is 7.11 Å². The zero-order valence-electron chi connectivity index (χ0n) is 13.6. The summed E-state index contributed by atoms with van der Waals surface area (Å²) in [6, 6.07) is 4.04. The molecule has 3 N–H and O–H groups in total. The van der Waals surface area contributed by atoms with Crippen molar-refractivity contribution in [3.05, 3.63) is 22.2 Å². The first-order valence-corrected chi connectivity index (χ1v) is 8.03. The summed E-state index contributed by atoms with van der Waals surface area (Å²) >= 11 is 3.52. The van der Waals surface area contributed by atoms with Crippen LogP contribution in [0.3, 0.4) is 0 Å². The van der Waals surface area contributed by atoms with Crippen LogP contribution in [0.15, 0.2) is 16.6 Å². The summed E-state index contributed by atoms with van der Waals surface area (Å²) in [4.78, 5) is 0. The molecule has 0 unspecified atom stereocenters. The quantitative estimate of drug-likeness (QED) is 0.468. The lowest BCUT2D eigenvalue weighted by atomic mass is 10.2. The van der Waals surface area contributed by atoms with E-state index in [1.807, 2.05) is 19.1 Å². The molecule has 0 saturated carbocycles. The number of aliphatic hydroxyl groups is 1. The van der Waals surface area contributed by atoms with Gasteiger partial charge in [-0.05, 0) is 60.1 Å². The first-order valence-electron chi connectivity index (χ1n) is 7.24. The first-order chi connectivity index (χ1) is 10.2. The lowest BCUT2D eigenvalue weighted by Gasteiger charge is -2.14. The largest absolute Gasteiger partial charge is 0.493 e. The van der Waals surface area contributed by atoms with E-state index >= 15 is 0 Å². The van der Waals surface area contributed by atoms with E-state index in [1.165, 1.54) is 0 Å². The van der Waals surface area contributed by atoms with Crippen LogP contribution in [0.1, 0.15) is 18.9 Å². The van der Waals surface area contributed by atoms with E-state index in [-0.39, 0.29) is 31.4 Å². The molecule has 1 aromatic carbocycles. The van der Waals surface area contributed by atoms with Crippen LogP contribution in [0.2, 0.25) is 0 Å². The monoisotopic (exact) mass is 432 g/mol. The fourth-order valence-corrected chi connectivity index (χ4v) is 2.54. The molecule has 0 heterocycles. The van der Waals surface area contributed by atoms with E-state index in [0.29, 0.717) is 13.2 Å². The van der Waals surface area contributed by atoms with E-state index in [4.69, 9.17) is 14.6 Å². The van der Waals surface area contributed by atoms with Crippen molar-refractivity contribution in [2.24, 2.45) is 0 Å². The molecular formula is C15H27BrCl2N2O3. The van der Waals surface area contributed by atoms with Crippen molar-refractivity contribution in [2.45, 2.75) is 19.9 Å². The van der Waals surface area contributed by atoms with Crippen molar-refractivity contribution in [3.8, 4) is 11.5 Å². The molecule has 0 aliphatic rings. The third-order valence-electron chi connectivity index (χ3n) is 2.90. The second kappa shape index (κ2) is 15.3. The Morgan fingerprint density at radius 3 is 2.43 bits per heavy atom. The molecule has 0 aromatic heterocycles. The molecule has 0 bridgehead atoms. The number of benzene rings is 1. The molecule has 1 rings (SSSR count). The van der Waals surface area contributed by atoms with Gasteiger partial charge in [0.15, 0.2) is 11.5 Å². The Bertz CT molecular complexity index is 426. The van der Waals surface area contributed by atoms with Crippen LogP contribution in [-0.2, 0) is 6.54 Å². The van der Waals surface area contributed by atoms with E-state index in [0.717, 1.165) is 47.6 Å². The summed E-state index contributed by atoms with van der Waals surface area (Å²) in [5, 5.41) is 15.2. The average Bonchev–Trinajstić information content (AvgIpc) is 2.48. The van der Waals surface area contributed by atoms with Crippen LogP contribution in [0.4, 0.5) is 0 Å². The molecule has 0 amide bonds. The molecule has 0 fully saturated rings. The highest BCUT2D eigenvalue weighted by molar-refractivity contribution is 9.10. The third-order valence-corrected chi connectivity index (χ3v) is 3.49. The Balaban J connectivity index is 0. The molecular weight excluding hydrogens is 407 g/mol. The first kappa shape index (κ1) is 25.0. The maximum Gasteiger partial charge on any atom is 0.175 e. The Labute approximate surface area is 159 Å². The molecule has 0 aliphatic heterocycles. The Hall–Kier alpha value is -0.240. The van der Waals surface area contributed by atoms with E-state index in [9.17, 15) is 0 Å². The molecule has 5 nitrogen and oxygen atoms in total. The third kappa shape index (κ3) is 9.59. The van der Waals surface area contributed by atoms with Crippen molar-refractivity contribution in [1.82, 2.24) is 10.6 Å². The smallest absolute Gasteiger partial charge is 0.175 e. The van der Waals surface area contributed by atoms with Gasteiger partial charge < -0.3 is 25.2 Å². The van der Waals surface area contributed by atoms with E-state index < -0.39 is 0 Å². The van der Waals surface area contributed by atoms with Crippen molar-refractivity contribution < 1.29 is 14.6 Å². The second-order valence-corrected chi connectivity index (χ2v) is 5.40. The summed E-state index contributed by atoms with van der Waals surface area (Å²) in [6.45, 7) is 6.01. The normalized spacial score (nSPS) is 9.74. The SMILES string of the molecule is CCOc1c(Br)cc(CNCCCNCCO)cc1OC.Cl.Cl. The fraction of sp³-hybridized carbons (Fsp3) is 0.600. The molecule has 0 atom stereocenters. The van der Waals surface area contributed by atoms with Crippen LogP contribution in [0, 0.1) is 0 Å². The molecule has 0 saturated heterocycles. The standard InChI is InChI=1S/C15H25BrN2O3.2ClH/c1-3-21-15-13(16)9-12(10-14(15)20-2)11-18-6-4-5-17-7-8-19;;/h9-10,17-19H,3-8,11H2,1-2H3;2*1H. The minimum absolute atomic E-state index is 0. The molecule has 136 valence electrons. The van der Waals surface area contributed by atoms with Gasteiger partial charge in [-0.1, -0.05) is 0 Å². The topological polar surface area (TPSA) is 62.8 Å². The van der Waals surface area contributed by atoms with E-state index in [2.05, 4.69) is 26.6 Å². The average molecular weight is 434 g/mol. The van der Waals surface area contributed by atoms with Crippen molar-refractivity contribution in [2.75, 3.05) is 40.0 Å². The molecule has 0 spiro atoms. The Morgan fingerprint density at radius 2 is 1.83 bits per heavy atom. The van der Waals surface area contributed by atoms with Gasteiger partial charge in [-0.25, -0.2) is 0 Å². The molecule has 1 aromatic rings. The van der Waals surface area contributed by atoms with Crippen LogP contribution >= 0.6 is 40.7 Å². The predicted octanol–water partition coefficient (Wildman–Crippen LogP) is 2.76. The Kier molecular flexibility index (Phi) is 16.6. The van der Waals surface area contributed by atoms with Crippen molar-refractivity contribution in [3.63, 3.8) is 0 Å². The minimum Gasteiger partial charge on any atom is -0.493 e. The minimum atomic E-state index is 0. The number of hydrogen-bond donors (Lipinski definition) is 3. The van der Waals surface area contributed by atoms with Crippen molar-refractivity contribution >= 4 is 40.7 Å². The van der Waals surface area contributed by atoms with Crippen molar-refractivity contribution in [1.29, 1.82) is 0 Å². The van der Waals surface area contributed by atoms with Gasteiger partial charge in [0.2, 0.25) is 0 Å². The highest BCUT2D eigenvalue weighted by atomic mass is 79.9. The zero-order valence-corrected chi connectivity index (χ0v) is 16.8. The summed E-state index contributed by atoms with van der Waals surface area (Å²) in [6.07, 6.45) is 1.02. The highest BCUT2D eigenvalue weighted by Gasteiger charge is 2.10. The van der Waals surface area contributed by atoms with Gasteiger partial charge >= 0.3 is 0 Å². The lowest BCUT2D eigenvalue weighted by Crippen LogP contribution is -2.23. The zero-order chi connectivity index (χ0) is 15.5. The molecule has 0 radical (unpaired) electrons. The maximum atomic E-state index is 8.65. The van der Waals surface area contributed by atoms with Crippen LogP contribution in [0.5, 0.6) is 11.5 Å².